The van der Waals surface area contributed by atoms with Crippen molar-refractivity contribution in [1.29, 1.82) is 0 Å². The number of nitrogens with zero attached hydrogens (tertiary/aromatic N) is 2. The van der Waals surface area contributed by atoms with Gasteiger partial charge >= 0.3 is 0 Å². The number of para-hydroxylation sites is 1. The Morgan fingerprint density at radius 3 is 2.76 bits per heavy atom. The van der Waals surface area contributed by atoms with Crippen LogP contribution in [-0.2, 0) is 6.54 Å². The number of pyridine rings is 1. The molecule has 102 valence electrons. The van der Waals surface area contributed by atoms with Crippen LogP contribution in [0, 0.1) is 0 Å². The van der Waals surface area contributed by atoms with Crippen LogP contribution >= 0.6 is 15.9 Å². The predicted molar refractivity (Wildman–Crippen MR) is 90.5 cm³/mol. The van der Waals surface area contributed by atoms with Crippen molar-refractivity contribution < 1.29 is 0 Å². The maximum atomic E-state index is 4.75. The summed E-state index contributed by atoms with van der Waals surface area (Å²) in [6, 6.07) is 20.9. The van der Waals surface area contributed by atoms with Crippen molar-refractivity contribution in [3.63, 3.8) is 0 Å². The highest BCUT2D eigenvalue weighted by atomic mass is 79.9. The molecule has 0 amide bonds. The van der Waals surface area contributed by atoms with E-state index >= 15 is 0 Å². The van der Waals surface area contributed by atoms with Crippen molar-refractivity contribution in [2.24, 2.45) is 0 Å². The molecule has 0 radical (unpaired) electrons. The molecule has 0 saturated carbocycles. The molecule has 0 aliphatic carbocycles. The Morgan fingerprint density at radius 2 is 1.81 bits per heavy atom. The van der Waals surface area contributed by atoms with E-state index in [0.717, 1.165) is 22.2 Å². The van der Waals surface area contributed by atoms with Gasteiger partial charge < -0.3 is 4.57 Å². The fourth-order valence-corrected chi connectivity index (χ4v) is 3.18. The van der Waals surface area contributed by atoms with Crippen LogP contribution in [0.25, 0.3) is 21.8 Å². The van der Waals surface area contributed by atoms with Gasteiger partial charge in [0.25, 0.3) is 0 Å². The quantitative estimate of drug-likeness (QED) is 0.503. The number of fused-ring (bicyclic) bond motifs is 2. The molecule has 0 atom stereocenters. The van der Waals surface area contributed by atoms with Crippen LogP contribution in [0.15, 0.2) is 71.3 Å². The zero-order valence-corrected chi connectivity index (χ0v) is 12.9. The third-order valence-electron chi connectivity index (χ3n) is 3.75. The van der Waals surface area contributed by atoms with Crippen molar-refractivity contribution in [2.75, 3.05) is 0 Å². The van der Waals surface area contributed by atoms with E-state index in [1.165, 1.54) is 16.3 Å². The normalized spacial score (nSPS) is 11.3. The van der Waals surface area contributed by atoms with E-state index in [2.05, 4.69) is 75.2 Å². The zero-order valence-electron chi connectivity index (χ0n) is 11.3. The molecule has 0 N–H and O–H groups in total. The topological polar surface area (TPSA) is 17.8 Å². The summed E-state index contributed by atoms with van der Waals surface area (Å²) in [6.07, 6.45) is 2.12. The van der Waals surface area contributed by atoms with Crippen LogP contribution in [-0.4, -0.2) is 9.55 Å². The maximum Gasteiger partial charge on any atom is 0.0706 e. The smallest absolute Gasteiger partial charge is 0.0706 e. The molecule has 0 aliphatic heterocycles. The largest absolute Gasteiger partial charge is 0.341 e. The first-order chi connectivity index (χ1) is 10.3. The number of hydrogen-bond donors (Lipinski definition) is 0. The summed E-state index contributed by atoms with van der Waals surface area (Å²) in [5.41, 5.74) is 3.35. The highest BCUT2D eigenvalue weighted by molar-refractivity contribution is 9.10. The Kier molecular flexibility index (Phi) is 3.00. The van der Waals surface area contributed by atoms with Gasteiger partial charge in [0.15, 0.2) is 0 Å². The van der Waals surface area contributed by atoms with Crippen molar-refractivity contribution in [3.05, 3.63) is 77.0 Å². The average molecular weight is 337 g/mol. The highest BCUT2D eigenvalue weighted by Crippen LogP contribution is 2.25. The lowest BCUT2D eigenvalue weighted by Crippen LogP contribution is -2.00. The molecular formula is C18H13BrN2. The summed E-state index contributed by atoms with van der Waals surface area (Å²) in [7, 11) is 0. The molecule has 0 spiro atoms. The van der Waals surface area contributed by atoms with E-state index in [0.29, 0.717) is 0 Å². The molecule has 0 unspecified atom stereocenters. The van der Waals surface area contributed by atoms with E-state index in [1.54, 1.807) is 0 Å². The summed E-state index contributed by atoms with van der Waals surface area (Å²) in [5, 5.41) is 2.42. The summed E-state index contributed by atoms with van der Waals surface area (Å²) in [6.45, 7) is 0.783. The number of halogens is 1. The second kappa shape index (κ2) is 5.01. The van der Waals surface area contributed by atoms with Gasteiger partial charge in [-0.05, 0) is 30.3 Å². The third kappa shape index (κ3) is 2.24. The minimum absolute atomic E-state index is 0.783. The van der Waals surface area contributed by atoms with Crippen LogP contribution in [0.4, 0.5) is 0 Å². The Bertz CT molecular complexity index is 940. The molecule has 4 rings (SSSR count). The van der Waals surface area contributed by atoms with E-state index in [1.807, 2.05) is 12.1 Å². The molecule has 0 fully saturated rings. The van der Waals surface area contributed by atoms with Crippen LogP contribution < -0.4 is 0 Å². The molecule has 2 aromatic carbocycles. The minimum Gasteiger partial charge on any atom is -0.341 e. The van der Waals surface area contributed by atoms with Gasteiger partial charge in [-0.3, -0.25) is 4.98 Å². The number of hydrogen-bond acceptors (Lipinski definition) is 1. The summed E-state index contributed by atoms with van der Waals surface area (Å²) >= 11 is 3.60. The van der Waals surface area contributed by atoms with E-state index in [-0.39, 0.29) is 0 Å². The Morgan fingerprint density at radius 1 is 0.905 bits per heavy atom. The van der Waals surface area contributed by atoms with Gasteiger partial charge in [-0.2, -0.15) is 0 Å². The monoisotopic (exact) mass is 336 g/mol. The number of aromatic nitrogens is 2. The van der Waals surface area contributed by atoms with Gasteiger partial charge in [0.1, 0.15) is 0 Å². The lowest BCUT2D eigenvalue weighted by atomic mass is 10.2. The van der Waals surface area contributed by atoms with E-state index < -0.39 is 0 Å². The minimum atomic E-state index is 0.783. The summed E-state index contributed by atoms with van der Waals surface area (Å²) < 4.78 is 3.36. The van der Waals surface area contributed by atoms with E-state index in [4.69, 9.17) is 4.98 Å². The maximum absolute atomic E-state index is 4.75. The molecule has 0 saturated heterocycles. The van der Waals surface area contributed by atoms with Gasteiger partial charge in [-0.15, -0.1) is 0 Å². The Labute approximate surface area is 131 Å². The van der Waals surface area contributed by atoms with Crippen LogP contribution in [0.5, 0.6) is 0 Å². The first-order valence-corrected chi connectivity index (χ1v) is 7.68. The SMILES string of the molecule is Brc1cccc2c1ccn2Cc1ccc2ccccc2n1. The van der Waals surface area contributed by atoms with Gasteiger partial charge in [0.2, 0.25) is 0 Å². The molecule has 3 heteroatoms. The fraction of sp³-hybridized carbons (Fsp3) is 0.0556. The van der Waals surface area contributed by atoms with Crippen molar-refractivity contribution >= 4 is 37.7 Å². The van der Waals surface area contributed by atoms with Crippen molar-refractivity contribution in [1.82, 2.24) is 9.55 Å². The van der Waals surface area contributed by atoms with Crippen molar-refractivity contribution in [3.8, 4) is 0 Å². The van der Waals surface area contributed by atoms with Gasteiger partial charge in [-0.1, -0.05) is 46.3 Å². The standard InChI is InChI=1S/C18H13BrN2/c19-16-5-3-7-18-15(16)10-11-21(18)12-14-9-8-13-4-1-2-6-17(13)20-14/h1-11H,12H2. The average Bonchev–Trinajstić information content (AvgIpc) is 2.92. The molecule has 0 bridgehead atoms. The molecule has 21 heavy (non-hydrogen) atoms. The molecule has 2 heterocycles. The lowest BCUT2D eigenvalue weighted by molar-refractivity contribution is 0.812. The number of rotatable bonds is 2. The fourth-order valence-electron chi connectivity index (χ4n) is 2.69. The van der Waals surface area contributed by atoms with Crippen LogP contribution in [0.2, 0.25) is 0 Å². The first-order valence-electron chi connectivity index (χ1n) is 6.89. The van der Waals surface area contributed by atoms with Gasteiger partial charge in [-0.25, -0.2) is 0 Å². The zero-order chi connectivity index (χ0) is 14.2. The number of benzene rings is 2. The van der Waals surface area contributed by atoms with Gasteiger partial charge in [0.05, 0.1) is 17.8 Å². The molecule has 0 aliphatic rings. The highest BCUT2D eigenvalue weighted by Gasteiger charge is 2.05. The Balaban J connectivity index is 1.77. The van der Waals surface area contributed by atoms with Crippen molar-refractivity contribution in [2.45, 2.75) is 6.54 Å². The predicted octanol–water partition coefficient (Wildman–Crippen LogP) is 5.00. The molecule has 2 aromatic heterocycles. The first kappa shape index (κ1) is 12.6. The summed E-state index contributed by atoms with van der Waals surface area (Å²) in [4.78, 5) is 4.75. The molecule has 2 nitrogen and oxygen atoms in total. The molecule has 4 aromatic rings. The lowest BCUT2D eigenvalue weighted by Gasteiger charge is -2.06. The van der Waals surface area contributed by atoms with E-state index in [9.17, 15) is 0 Å². The third-order valence-corrected chi connectivity index (χ3v) is 4.44. The summed E-state index contributed by atoms with van der Waals surface area (Å²) in [5.74, 6) is 0. The Hall–Kier alpha value is -2.13. The van der Waals surface area contributed by atoms with Crippen LogP contribution in [0.1, 0.15) is 5.69 Å². The van der Waals surface area contributed by atoms with Crippen LogP contribution in [0.3, 0.4) is 0 Å². The second-order valence-electron chi connectivity index (χ2n) is 5.11. The second-order valence-corrected chi connectivity index (χ2v) is 5.97. The van der Waals surface area contributed by atoms with Gasteiger partial charge in [0, 0.05) is 27.0 Å². The molecular weight excluding hydrogens is 324 g/mol.